The van der Waals surface area contributed by atoms with Crippen molar-refractivity contribution in [3.05, 3.63) is 0 Å². The summed E-state index contributed by atoms with van der Waals surface area (Å²) >= 11 is 2.83. The van der Waals surface area contributed by atoms with Gasteiger partial charge in [0.05, 0.1) is 0 Å². The van der Waals surface area contributed by atoms with E-state index in [1.165, 1.54) is 0 Å². The molecule has 0 aromatic carbocycles. The summed E-state index contributed by atoms with van der Waals surface area (Å²) in [6.07, 6.45) is 0. The molecular weight excluding hydrogens is 142 g/mol. The van der Waals surface area contributed by atoms with Crippen molar-refractivity contribution in [3.8, 4) is 0 Å². The van der Waals surface area contributed by atoms with Crippen molar-refractivity contribution in [2.75, 3.05) is 0 Å². The molecule has 0 saturated carbocycles. The molecule has 5 nitrogen and oxygen atoms in total. The van der Waals surface area contributed by atoms with Gasteiger partial charge in [-0.25, -0.2) is 0 Å². The van der Waals surface area contributed by atoms with Crippen molar-refractivity contribution in [1.29, 1.82) is 0 Å². The van der Waals surface area contributed by atoms with E-state index < -0.39 is 14.2 Å². The molecule has 0 fully saturated rings. The van der Waals surface area contributed by atoms with Crippen LogP contribution in [0.15, 0.2) is 0 Å². The molecule has 0 aliphatic heterocycles. The van der Waals surface area contributed by atoms with Gasteiger partial charge in [-0.3, -0.25) is 9.76 Å². The summed E-state index contributed by atoms with van der Waals surface area (Å²) in [6.45, 7) is 0. The zero-order valence-corrected chi connectivity index (χ0v) is 4.72. The number of rotatable bonds is 1. The van der Waals surface area contributed by atoms with Crippen LogP contribution >= 0.6 is 12.8 Å². The van der Waals surface area contributed by atoms with Crippen LogP contribution in [0.5, 0.6) is 0 Å². The Hall–Kier alpha value is 0.180. The van der Waals surface area contributed by atoms with Crippen LogP contribution in [-0.4, -0.2) is 22.1 Å². The van der Waals surface area contributed by atoms with E-state index in [1.807, 2.05) is 0 Å². The Bertz CT molecular complexity index is 132. The van der Waals surface area contributed by atoms with Gasteiger partial charge in [0.25, 0.3) is 0 Å². The molecule has 0 amide bonds. The summed E-state index contributed by atoms with van der Waals surface area (Å²) in [5.74, 6) is 0. The fourth-order valence-corrected chi connectivity index (χ4v) is 0. The van der Waals surface area contributed by atoms with Crippen LogP contribution in [-0.2, 0) is 10.3 Å². The van der Waals surface area contributed by atoms with Crippen LogP contribution in [0, 0.1) is 0 Å². The largest absolute Gasteiger partial charge is 0.367 e. The molecule has 0 heterocycles. The maximum absolute atomic E-state index is 9.49. The van der Waals surface area contributed by atoms with Crippen molar-refractivity contribution in [3.63, 3.8) is 0 Å². The zero-order chi connectivity index (χ0) is 6.08. The molecule has 44 valence electrons. The van der Waals surface area contributed by atoms with Crippen molar-refractivity contribution in [2.45, 2.75) is 0 Å². The summed E-state index contributed by atoms with van der Waals surface area (Å²) in [7, 11) is -4.49. The fraction of sp³-hybridized carbons (Fsp3) is 0. The smallest absolute Gasteiger partial charge is 0.288 e. The average Bonchev–Trinajstić information content (AvgIpc) is 1.31. The number of thiol groups is 1. The van der Waals surface area contributed by atoms with Gasteiger partial charge in [0.2, 0.25) is 0 Å². The van der Waals surface area contributed by atoms with E-state index in [0.29, 0.717) is 0 Å². The first-order chi connectivity index (χ1) is 2.94. The van der Waals surface area contributed by atoms with Gasteiger partial charge < -0.3 is 0 Å². The number of hydrogen-bond donors (Lipinski definition) is 3. The predicted molar refractivity (Wildman–Crippen MR) is 24.2 cm³/mol. The average molecular weight is 145 g/mol. The van der Waals surface area contributed by atoms with Crippen LogP contribution in [0.2, 0.25) is 0 Å². The van der Waals surface area contributed by atoms with E-state index >= 15 is 0 Å². The van der Waals surface area contributed by atoms with Crippen LogP contribution < -0.4 is 0 Å². The molecule has 0 rings (SSSR count). The SMILES string of the molecule is O=S(=O)(O)N(O)S. The maximum atomic E-state index is 9.49. The molecule has 2 N–H and O–H groups in total. The molecule has 0 aliphatic rings. The molecule has 0 unspecified atom stereocenters. The lowest BCUT2D eigenvalue weighted by Gasteiger charge is -1.96. The third-order valence-corrected chi connectivity index (χ3v) is 1.24. The molecule has 0 bridgehead atoms. The Morgan fingerprint density at radius 3 is 1.71 bits per heavy atom. The standard InChI is InChI=1S/H3NO4S2/c2-1(6)7(3,4)5/h2,6H,(H,3,4,5). The molecule has 0 aromatic rings. The van der Waals surface area contributed by atoms with E-state index in [4.69, 9.17) is 9.76 Å². The third-order valence-electron chi connectivity index (χ3n) is 0.206. The second-order valence-corrected chi connectivity index (χ2v) is 2.59. The number of hydrogen-bond acceptors (Lipinski definition) is 4. The second-order valence-electron chi connectivity index (χ2n) is 0.701. The van der Waals surface area contributed by atoms with Crippen molar-refractivity contribution >= 4 is 23.1 Å². The molecule has 0 radical (unpaired) electrons. The molecule has 0 spiro atoms. The summed E-state index contributed by atoms with van der Waals surface area (Å²) in [6, 6.07) is 0. The monoisotopic (exact) mass is 145 g/mol. The highest BCUT2D eigenvalue weighted by molar-refractivity contribution is 7.96. The van der Waals surface area contributed by atoms with Gasteiger partial charge in [-0.2, -0.15) is 8.42 Å². The molecule has 7 heteroatoms. The fourth-order valence-electron chi connectivity index (χ4n) is 0. The lowest BCUT2D eigenvalue weighted by atomic mass is 13.5. The van der Waals surface area contributed by atoms with E-state index in [2.05, 4.69) is 12.8 Å². The van der Waals surface area contributed by atoms with Crippen molar-refractivity contribution in [2.24, 2.45) is 0 Å². The summed E-state index contributed by atoms with van der Waals surface area (Å²) in [5.41, 5.74) is 0. The highest BCUT2D eigenvalue weighted by atomic mass is 32.3. The van der Waals surface area contributed by atoms with Crippen LogP contribution in [0.25, 0.3) is 0 Å². The minimum absolute atomic E-state index is 0.590. The first kappa shape index (κ1) is 7.18. The van der Waals surface area contributed by atoms with Crippen LogP contribution in [0.1, 0.15) is 0 Å². The summed E-state index contributed by atoms with van der Waals surface area (Å²) < 4.78 is 26.0. The van der Waals surface area contributed by atoms with Crippen LogP contribution in [0.4, 0.5) is 0 Å². The highest BCUT2D eigenvalue weighted by Gasteiger charge is 2.08. The quantitative estimate of drug-likeness (QED) is 0.259. The molecule has 0 saturated heterocycles. The molecule has 0 aliphatic carbocycles. The topological polar surface area (TPSA) is 77.8 Å². The Balaban J connectivity index is 4.10. The summed E-state index contributed by atoms with van der Waals surface area (Å²) in [4.78, 5) is 0. The minimum Gasteiger partial charge on any atom is -0.288 e. The molecule has 0 atom stereocenters. The molecule has 0 aromatic heterocycles. The Labute approximate surface area is 45.9 Å². The first-order valence-corrected chi connectivity index (χ1v) is 2.90. The maximum Gasteiger partial charge on any atom is 0.367 e. The van der Waals surface area contributed by atoms with E-state index in [9.17, 15) is 8.42 Å². The Morgan fingerprint density at radius 1 is 1.57 bits per heavy atom. The second kappa shape index (κ2) is 1.97. The van der Waals surface area contributed by atoms with Gasteiger partial charge in [0.15, 0.2) is 0 Å². The molecule has 7 heavy (non-hydrogen) atoms. The lowest BCUT2D eigenvalue weighted by molar-refractivity contribution is 0.0993. The van der Waals surface area contributed by atoms with Gasteiger partial charge in [0, 0.05) is 0 Å². The van der Waals surface area contributed by atoms with Gasteiger partial charge in [-0.05, 0) is 16.7 Å². The Kier molecular flexibility index (Phi) is 2.02. The van der Waals surface area contributed by atoms with Crippen molar-refractivity contribution < 1.29 is 18.2 Å². The van der Waals surface area contributed by atoms with Gasteiger partial charge in [-0.15, -0.1) is 0 Å². The predicted octanol–water partition coefficient (Wildman–Crippen LogP) is -0.675. The Morgan fingerprint density at radius 2 is 1.71 bits per heavy atom. The van der Waals surface area contributed by atoms with E-state index in [1.54, 1.807) is 0 Å². The molecular formula is H3NO4S2. The third kappa shape index (κ3) is 2.83. The lowest BCUT2D eigenvalue weighted by Crippen LogP contribution is -2.15. The minimum atomic E-state index is -4.49. The summed E-state index contributed by atoms with van der Waals surface area (Å²) in [5, 5.41) is 7.75. The van der Waals surface area contributed by atoms with Crippen molar-refractivity contribution in [1.82, 2.24) is 3.87 Å². The van der Waals surface area contributed by atoms with E-state index in [-0.39, 0.29) is 0 Å². The normalized spacial score (nSPS) is 12.6. The van der Waals surface area contributed by atoms with Gasteiger partial charge >= 0.3 is 10.3 Å². The van der Waals surface area contributed by atoms with E-state index in [0.717, 1.165) is 0 Å². The highest BCUT2D eigenvalue weighted by Crippen LogP contribution is 1.91. The zero-order valence-electron chi connectivity index (χ0n) is 3.01. The van der Waals surface area contributed by atoms with Gasteiger partial charge in [0.1, 0.15) is 0 Å². The first-order valence-electron chi connectivity index (χ1n) is 1.10. The number of nitrogens with zero attached hydrogens (tertiary/aromatic N) is 1. The van der Waals surface area contributed by atoms with Crippen LogP contribution in [0.3, 0.4) is 0 Å². The van der Waals surface area contributed by atoms with Gasteiger partial charge in [-0.1, -0.05) is 0 Å².